The largest absolute Gasteiger partial charge is 0.379 e. The molecule has 1 aromatic carbocycles. The molecule has 2 aliphatic heterocycles. The van der Waals surface area contributed by atoms with E-state index in [0.717, 1.165) is 19.6 Å². The molecule has 0 aromatic heterocycles. The number of hydrogen-bond donors (Lipinski definition) is 1. The fraction of sp³-hybridized carbons (Fsp3) is 0.625. The number of benzene rings is 1. The van der Waals surface area contributed by atoms with E-state index in [4.69, 9.17) is 4.74 Å². The zero-order chi connectivity index (χ0) is 12.4. The van der Waals surface area contributed by atoms with Crippen LogP contribution in [-0.4, -0.2) is 25.8 Å². The van der Waals surface area contributed by atoms with Gasteiger partial charge in [-0.25, -0.2) is 0 Å². The van der Waals surface area contributed by atoms with Gasteiger partial charge in [-0.1, -0.05) is 37.6 Å². The van der Waals surface area contributed by atoms with Crippen molar-refractivity contribution in [2.75, 3.05) is 19.8 Å². The van der Waals surface area contributed by atoms with Crippen LogP contribution in [0.15, 0.2) is 24.3 Å². The van der Waals surface area contributed by atoms with Gasteiger partial charge in [-0.2, -0.15) is 0 Å². The maximum Gasteiger partial charge on any atom is 0.0600 e. The first-order valence-corrected chi connectivity index (χ1v) is 7.26. The molecule has 2 heteroatoms. The number of nitrogens with one attached hydrogen (secondary N) is 1. The molecule has 0 aliphatic carbocycles. The number of piperidine rings is 1. The Kier molecular flexibility index (Phi) is 3.40. The van der Waals surface area contributed by atoms with E-state index >= 15 is 0 Å². The summed E-state index contributed by atoms with van der Waals surface area (Å²) >= 11 is 0. The molecule has 1 aromatic rings. The maximum atomic E-state index is 5.56. The summed E-state index contributed by atoms with van der Waals surface area (Å²) in [6.45, 7) is 5.14. The lowest BCUT2D eigenvalue weighted by atomic mass is 9.70. The van der Waals surface area contributed by atoms with Crippen molar-refractivity contribution in [1.29, 1.82) is 0 Å². The molecule has 0 spiro atoms. The summed E-state index contributed by atoms with van der Waals surface area (Å²) in [5, 5.41) is 3.71. The van der Waals surface area contributed by atoms with E-state index < -0.39 is 0 Å². The van der Waals surface area contributed by atoms with Crippen LogP contribution in [-0.2, 0) is 16.6 Å². The van der Waals surface area contributed by atoms with Crippen LogP contribution >= 0.6 is 0 Å². The molecule has 1 unspecified atom stereocenters. The van der Waals surface area contributed by atoms with Gasteiger partial charge in [-0.15, -0.1) is 0 Å². The highest BCUT2D eigenvalue weighted by Gasteiger charge is 2.47. The minimum atomic E-state index is 0.243. The monoisotopic (exact) mass is 245 g/mol. The predicted molar refractivity (Wildman–Crippen MR) is 74.0 cm³/mol. The van der Waals surface area contributed by atoms with Crippen LogP contribution in [0.1, 0.15) is 37.3 Å². The zero-order valence-electron chi connectivity index (χ0n) is 11.2. The van der Waals surface area contributed by atoms with Crippen LogP contribution in [0.25, 0.3) is 0 Å². The van der Waals surface area contributed by atoms with Crippen LogP contribution in [0, 0.1) is 0 Å². The molecule has 0 saturated carbocycles. The van der Waals surface area contributed by atoms with Gasteiger partial charge >= 0.3 is 0 Å². The van der Waals surface area contributed by atoms with Crippen molar-refractivity contribution >= 4 is 0 Å². The fourth-order valence-electron chi connectivity index (χ4n) is 3.29. The average Bonchev–Trinajstić information content (AvgIpc) is 2.40. The van der Waals surface area contributed by atoms with Gasteiger partial charge in [-0.05, 0) is 36.9 Å². The summed E-state index contributed by atoms with van der Waals surface area (Å²) in [5.41, 5.74) is 3.13. The number of hydrogen-bond acceptors (Lipinski definition) is 2. The molecule has 0 bridgehead atoms. The second-order valence-electron chi connectivity index (χ2n) is 5.70. The van der Waals surface area contributed by atoms with E-state index in [9.17, 15) is 0 Å². The predicted octanol–water partition coefficient (Wildman–Crippen LogP) is 2.66. The number of rotatable bonds is 3. The van der Waals surface area contributed by atoms with Crippen LogP contribution in [0.3, 0.4) is 0 Å². The van der Waals surface area contributed by atoms with Crippen LogP contribution in [0.2, 0.25) is 0 Å². The quantitative estimate of drug-likeness (QED) is 0.884. The molecular weight excluding hydrogens is 222 g/mol. The minimum Gasteiger partial charge on any atom is -0.379 e. The molecule has 2 nitrogen and oxygen atoms in total. The number of ether oxygens (including phenoxy) is 1. The van der Waals surface area contributed by atoms with E-state index in [1.54, 1.807) is 0 Å². The summed E-state index contributed by atoms with van der Waals surface area (Å²) in [5.74, 6) is 0. The third-order valence-electron chi connectivity index (χ3n) is 4.63. The Morgan fingerprint density at radius 3 is 2.50 bits per heavy atom. The molecule has 18 heavy (non-hydrogen) atoms. The Morgan fingerprint density at radius 1 is 1.22 bits per heavy atom. The van der Waals surface area contributed by atoms with Crippen molar-refractivity contribution in [2.45, 2.75) is 44.1 Å². The van der Waals surface area contributed by atoms with Crippen molar-refractivity contribution in [1.82, 2.24) is 5.32 Å². The van der Waals surface area contributed by atoms with E-state index in [1.165, 1.54) is 36.9 Å². The molecule has 0 amide bonds. The molecule has 2 heterocycles. The Morgan fingerprint density at radius 2 is 2.00 bits per heavy atom. The maximum absolute atomic E-state index is 5.56. The standard InChI is InChI=1S/C16H23NO/c1-2-13-6-8-14(9-7-13)16(11-18-12-16)15-5-3-4-10-17-15/h6-9,15,17H,2-5,10-12H2,1H3. The summed E-state index contributed by atoms with van der Waals surface area (Å²) in [4.78, 5) is 0. The van der Waals surface area contributed by atoms with Gasteiger partial charge in [0.25, 0.3) is 0 Å². The highest BCUT2D eigenvalue weighted by atomic mass is 16.5. The lowest BCUT2D eigenvalue weighted by molar-refractivity contribution is -0.0827. The number of aryl methyl sites for hydroxylation is 1. The van der Waals surface area contributed by atoms with Crippen LogP contribution < -0.4 is 5.32 Å². The highest BCUT2D eigenvalue weighted by molar-refractivity contribution is 5.33. The molecule has 3 rings (SSSR count). The Hall–Kier alpha value is -0.860. The van der Waals surface area contributed by atoms with Gasteiger partial charge in [0.15, 0.2) is 0 Å². The molecule has 2 saturated heterocycles. The topological polar surface area (TPSA) is 21.3 Å². The Bertz CT molecular complexity index is 388. The fourth-order valence-corrected chi connectivity index (χ4v) is 3.29. The molecule has 2 aliphatic rings. The molecule has 2 fully saturated rings. The zero-order valence-corrected chi connectivity index (χ0v) is 11.2. The van der Waals surface area contributed by atoms with Gasteiger partial charge in [0.05, 0.1) is 18.6 Å². The van der Waals surface area contributed by atoms with Gasteiger partial charge in [-0.3, -0.25) is 0 Å². The van der Waals surface area contributed by atoms with E-state index in [1.807, 2.05) is 0 Å². The van der Waals surface area contributed by atoms with E-state index in [0.29, 0.717) is 6.04 Å². The summed E-state index contributed by atoms with van der Waals surface area (Å²) in [6.07, 6.45) is 5.08. The lowest BCUT2D eigenvalue weighted by Gasteiger charge is -2.49. The van der Waals surface area contributed by atoms with Gasteiger partial charge in [0.2, 0.25) is 0 Å². The SMILES string of the molecule is CCc1ccc(C2(C3CCCCN3)COC2)cc1. The minimum absolute atomic E-state index is 0.243. The second kappa shape index (κ2) is 5.02. The third kappa shape index (κ3) is 1.98. The Labute approximate surface area is 110 Å². The average molecular weight is 245 g/mol. The first kappa shape index (κ1) is 12.2. The molecule has 98 valence electrons. The van der Waals surface area contributed by atoms with Gasteiger partial charge in [0, 0.05) is 6.04 Å². The molecule has 0 radical (unpaired) electrons. The summed E-state index contributed by atoms with van der Waals surface area (Å²) < 4.78 is 5.56. The van der Waals surface area contributed by atoms with E-state index in [-0.39, 0.29) is 5.41 Å². The first-order chi connectivity index (χ1) is 8.85. The van der Waals surface area contributed by atoms with Gasteiger partial charge in [0.1, 0.15) is 0 Å². The van der Waals surface area contributed by atoms with Gasteiger partial charge < -0.3 is 10.1 Å². The highest BCUT2D eigenvalue weighted by Crippen LogP contribution is 2.38. The lowest BCUT2D eigenvalue weighted by Crippen LogP contribution is -2.61. The molecular formula is C16H23NO. The van der Waals surface area contributed by atoms with E-state index in [2.05, 4.69) is 36.5 Å². The van der Waals surface area contributed by atoms with Crippen molar-refractivity contribution in [3.8, 4) is 0 Å². The smallest absolute Gasteiger partial charge is 0.0600 e. The van der Waals surface area contributed by atoms with Crippen molar-refractivity contribution in [3.05, 3.63) is 35.4 Å². The molecule has 1 N–H and O–H groups in total. The normalized spacial score (nSPS) is 26.6. The van der Waals surface area contributed by atoms with Crippen molar-refractivity contribution in [3.63, 3.8) is 0 Å². The Balaban J connectivity index is 1.85. The van der Waals surface area contributed by atoms with Crippen LogP contribution in [0.4, 0.5) is 0 Å². The molecule has 1 atom stereocenters. The summed E-state index contributed by atoms with van der Waals surface area (Å²) in [6, 6.07) is 9.79. The summed E-state index contributed by atoms with van der Waals surface area (Å²) in [7, 11) is 0. The van der Waals surface area contributed by atoms with Crippen molar-refractivity contribution in [2.24, 2.45) is 0 Å². The van der Waals surface area contributed by atoms with Crippen molar-refractivity contribution < 1.29 is 4.74 Å². The first-order valence-electron chi connectivity index (χ1n) is 7.26. The third-order valence-corrected chi connectivity index (χ3v) is 4.63. The second-order valence-corrected chi connectivity index (χ2v) is 5.70. The van der Waals surface area contributed by atoms with Crippen LogP contribution in [0.5, 0.6) is 0 Å².